The third-order valence-corrected chi connectivity index (χ3v) is 5.76. The first-order valence-electron chi connectivity index (χ1n) is 10.7. The van der Waals surface area contributed by atoms with E-state index in [0.717, 1.165) is 6.07 Å². The van der Waals surface area contributed by atoms with E-state index in [4.69, 9.17) is 16.3 Å². The summed E-state index contributed by atoms with van der Waals surface area (Å²) in [5, 5.41) is 5.66. The van der Waals surface area contributed by atoms with Gasteiger partial charge in [-0.15, -0.1) is 0 Å². The first-order valence-corrected chi connectivity index (χ1v) is 11.1. The molecular weight excluding hydrogens is 463 g/mol. The van der Waals surface area contributed by atoms with Gasteiger partial charge in [0.25, 0.3) is 11.8 Å². The molecule has 2 heterocycles. The van der Waals surface area contributed by atoms with Crippen molar-refractivity contribution in [2.45, 2.75) is 25.3 Å². The molecule has 0 atom stereocenters. The van der Waals surface area contributed by atoms with Crippen LogP contribution in [-0.4, -0.2) is 46.8 Å². The number of rotatable bonds is 7. The summed E-state index contributed by atoms with van der Waals surface area (Å²) in [4.78, 5) is 44.5. The number of benzene rings is 2. The zero-order valence-corrected chi connectivity index (χ0v) is 18.8. The van der Waals surface area contributed by atoms with Crippen LogP contribution in [0.4, 0.5) is 10.1 Å². The van der Waals surface area contributed by atoms with Gasteiger partial charge in [-0.05, 0) is 48.7 Å². The zero-order chi connectivity index (χ0) is 24.1. The highest BCUT2D eigenvalue weighted by molar-refractivity contribution is 6.34. The molecule has 0 unspecified atom stereocenters. The number of hydrogen-bond acceptors (Lipinski definition) is 5. The molecule has 1 fully saturated rings. The molecule has 2 amide bonds. The summed E-state index contributed by atoms with van der Waals surface area (Å²) in [6.07, 6.45) is 2.78. The highest BCUT2D eigenvalue weighted by atomic mass is 35.5. The number of hydrogen-bond donors (Lipinski definition) is 3. The van der Waals surface area contributed by atoms with Gasteiger partial charge in [-0.25, -0.2) is 9.37 Å². The number of anilines is 1. The third-order valence-electron chi connectivity index (χ3n) is 5.45. The Labute approximate surface area is 199 Å². The highest BCUT2D eigenvalue weighted by Crippen LogP contribution is 2.20. The lowest BCUT2D eigenvalue weighted by Crippen LogP contribution is -2.39. The SMILES string of the molecule is O=C(Cc1ccc(NC(=O)c2nc[nH]c2C(=O)NC2CCOCC2)cc1)c1ccc(F)cc1Cl. The normalized spacial score (nSPS) is 13.9. The Kier molecular flexibility index (Phi) is 7.34. The van der Waals surface area contributed by atoms with E-state index >= 15 is 0 Å². The number of imidazole rings is 1. The largest absolute Gasteiger partial charge is 0.381 e. The molecule has 4 rings (SSSR count). The average Bonchev–Trinajstić information content (AvgIpc) is 3.31. The number of carbonyl (C=O) groups excluding carboxylic acids is 3. The van der Waals surface area contributed by atoms with Gasteiger partial charge in [0, 0.05) is 36.9 Å². The molecule has 0 aliphatic carbocycles. The quantitative estimate of drug-likeness (QED) is 0.442. The fourth-order valence-electron chi connectivity index (χ4n) is 3.63. The first-order chi connectivity index (χ1) is 16.4. The van der Waals surface area contributed by atoms with Gasteiger partial charge in [-0.3, -0.25) is 14.4 Å². The number of H-pyrrole nitrogens is 1. The van der Waals surface area contributed by atoms with E-state index < -0.39 is 17.6 Å². The predicted octanol–water partition coefficient (Wildman–Crippen LogP) is 3.79. The Hall–Kier alpha value is -3.56. The van der Waals surface area contributed by atoms with Crippen molar-refractivity contribution in [1.82, 2.24) is 15.3 Å². The minimum Gasteiger partial charge on any atom is -0.381 e. The molecule has 0 bridgehead atoms. The van der Waals surface area contributed by atoms with E-state index in [1.165, 1.54) is 18.5 Å². The number of ketones is 1. The van der Waals surface area contributed by atoms with Crippen molar-refractivity contribution in [1.29, 1.82) is 0 Å². The van der Waals surface area contributed by atoms with Crippen LogP contribution in [0.25, 0.3) is 0 Å². The summed E-state index contributed by atoms with van der Waals surface area (Å²) in [7, 11) is 0. The molecule has 3 N–H and O–H groups in total. The summed E-state index contributed by atoms with van der Waals surface area (Å²) in [5.74, 6) is -1.70. The van der Waals surface area contributed by atoms with E-state index in [0.29, 0.717) is 37.3 Å². The number of carbonyl (C=O) groups is 3. The Balaban J connectivity index is 1.37. The summed E-state index contributed by atoms with van der Waals surface area (Å²) in [6, 6.07) is 10.3. The maximum atomic E-state index is 13.2. The minimum absolute atomic E-state index is 0.0134. The fourth-order valence-corrected chi connectivity index (χ4v) is 3.90. The minimum atomic E-state index is -0.541. The lowest BCUT2D eigenvalue weighted by atomic mass is 10.0. The molecule has 0 saturated carbocycles. The van der Waals surface area contributed by atoms with Crippen molar-refractivity contribution >= 4 is 34.9 Å². The standard InChI is InChI=1S/C24H22ClFN4O4/c25-19-12-15(26)3-6-18(19)20(31)11-14-1-4-16(5-2-14)29-23(32)21-22(28-13-27-21)24(33)30-17-7-9-34-10-8-17/h1-6,12-13,17H,7-11H2,(H,27,28)(H,29,32)(H,30,33). The molecule has 0 radical (unpaired) electrons. The van der Waals surface area contributed by atoms with Gasteiger partial charge >= 0.3 is 0 Å². The average molecular weight is 485 g/mol. The van der Waals surface area contributed by atoms with E-state index in [1.54, 1.807) is 24.3 Å². The molecule has 2 aromatic carbocycles. The number of ether oxygens (including phenoxy) is 1. The van der Waals surface area contributed by atoms with Gasteiger partial charge in [0.15, 0.2) is 11.5 Å². The topological polar surface area (TPSA) is 113 Å². The maximum Gasteiger partial charge on any atom is 0.276 e. The molecule has 3 aromatic rings. The predicted molar refractivity (Wildman–Crippen MR) is 124 cm³/mol. The van der Waals surface area contributed by atoms with Gasteiger partial charge in [0.05, 0.1) is 11.3 Å². The Morgan fingerprint density at radius 1 is 1.09 bits per heavy atom. The second kappa shape index (κ2) is 10.6. The van der Waals surface area contributed by atoms with Crippen LogP contribution < -0.4 is 10.6 Å². The van der Waals surface area contributed by atoms with Crippen molar-refractivity contribution in [3.8, 4) is 0 Å². The fraction of sp³-hybridized carbons (Fsp3) is 0.250. The smallest absolute Gasteiger partial charge is 0.276 e. The van der Waals surface area contributed by atoms with Crippen LogP contribution in [0.15, 0.2) is 48.8 Å². The van der Waals surface area contributed by atoms with Crippen LogP contribution >= 0.6 is 11.6 Å². The first kappa shape index (κ1) is 23.6. The lowest BCUT2D eigenvalue weighted by molar-refractivity contribution is 0.0692. The molecule has 34 heavy (non-hydrogen) atoms. The van der Waals surface area contributed by atoms with Gasteiger partial charge in [-0.2, -0.15) is 0 Å². The van der Waals surface area contributed by atoms with Crippen molar-refractivity contribution in [3.63, 3.8) is 0 Å². The summed E-state index contributed by atoms with van der Waals surface area (Å²) < 4.78 is 18.5. The number of aromatic nitrogens is 2. The summed E-state index contributed by atoms with van der Waals surface area (Å²) in [6.45, 7) is 1.17. The van der Waals surface area contributed by atoms with Gasteiger partial charge in [-0.1, -0.05) is 23.7 Å². The number of aromatic amines is 1. The van der Waals surface area contributed by atoms with Crippen LogP contribution in [0.5, 0.6) is 0 Å². The van der Waals surface area contributed by atoms with E-state index in [9.17, 15) is 18.8 Å². The maximum absolute atomic E-state index is 13.2. The molecule has 1 saturated heterocycles. The Bertz CT molecular complexity index is 1210. The lowest BCUT2D eigenvalue weighted by Gasteiger charge is -2.22. The molecule has 1 aliphatic rings. The van der Waals surface area contributed by atoms with Crippen LogP contribution in [0.2, 0.25) is 5.02 Å². The summed E-state index contributed by atoms with van der Waals surface area (Å²) >= 11 is 5.96. The van der Waals surface area contributed by atoms with Crippen LogP contribution in [0.1, 0.15) is 49.7 Å². The van der Waals surface area contributed by atoms with E-state index in [-0.39, 0.29) is 40.2 Å². The molecule has 1 aliphatic heterocycles. The second-order valence-electron chi connectivity index (χ2n) is 7.86. The third kappa shape index (κ3) is 5.67. The molecule has 8 nitrogen and oxygen atoms in total. The van der Waals surface area contributed by atoms with Crippen LogP contribution in [-0.2, 0) is 11.2 Å². The van der Waals surface area contributed by atoms with Gasteiger partial charge in [0.2, 0.25) is 0 Å². The number of Topliss-reactive ketones (excluding diaryl/α,β-unsaturated/α-hetero) is 1. The Morgan fingerprint density at radius 2 is 1.82 bits per heavy atom. The number of halogens is 2. The van der Waals surface area contributed by atoms with Crippen molar-refractivity contribution in [2.24, 2.45) is 0 Å². The molecule has 10 heteroatoms. The van der Waals surface area contributed by atoms with Crippen molar-refractivity contribution < 1.29 is 23.5 Å². The van der Waals surface area contributed by atoms with E-state index in [2.05, 4.69) is 20.6 Å². The molecule has 176 valence electrons. The number of amides is 2. The van der Waals surface area contributed by atoms with Gasteiger partial charge < -0.3 is 20.4 Å². The van der Waals surface area contributed by atoms with Gasteiger partial charge in [0.1, 0.15) is 11.5 Å². The number of nitrogens with zero attached hydrogens (tertiary/aromatic N) is 1. The zero-order valence-electron chi connectivity index (χ0n) is 18.1. The van der Waals surface area contributed by atoms with Crippen LogP contribution in [0.3, 0.4) is 0 Å². The molecule has 1 aromatic heterocycles. The van der Waals surface area contributed by atoms with E-state index in [1.807, 2.05) is 0 Å². The van der Waals surface area contributed by atoms with Crippen LogP contribution in [0, 0.1) is 5.82 Å². The number of nitrogens with one attached hydrogen (secondary N) is 3. The second-order valence-corrected chi connectivity index (χ2v) is 8.27. The molecular formula is C24H22ClFN4O4. The monoisotopic (exact) mass is 484 g/mol. The van der Waals surface area contributed by atoms with Crippen molar-refractivity contribution in [2.75, 3.05) is 18.5 Å². The Morgan fingerprint density at radius 3 is 2.53 bits per heavy atom. The highest BCUT2D eigenvalue weighted by Gasteiger charge is 2.23. The summed E-state index contributed by atoms with van der Waals surface area (Å²) in [5.41, 5.74) is 1.47. The molecule has 0 spiro atoms. The van der Waals surface area contributed by atoms with Crippen molar-refractivity contribution in [3.05, 3.63) is 82.1 Å².